The maximum absolute atomic E-state index is 11.7. The number of esters is 2. The van der Waals surface area contributed by atoms with E-state index >= 15 is 0 Å². The van der Waals surface area contributed by atoms with Gasteiger partial charge in [-0.15, -0.1) is 0 Å². The third-order valence-corrected chi connectivity index (χ3v) is 2.55. The molecule has 0 heterocycles. The maximum atomic E-state index is 11.7. The Morgan fingerprint density at radius 1 is 1.19 bits per heavy atom. The van der Waals surface area contributed by atoms with Crippen LogP contribution in [0.2, 0.25) is 0 Å². The molecule has 4 nitrogen and oxygen atoms in total. The summed E-state index contributed by atoms with van der Waals surface area (Å²) in [6.45, 7) is 10.3. The van der Waals surface area contributed by atoms with Gasteiger partial charge in [-0.25, -0.2) is 0 Å². The number of methoxy groups -OCH3 is 1. The van der Waals surface area contributed by atoms with Crippen molar-refractivity contribution in [3.05, 3.63) is 12.7 Å². The second-order valence-electron chi connectivity index (χ2n) is 4.33. The molecule has 0 rings (SSSR count). The van der Waals surface area contributed by atoms with Crippen molar-refractivity contribution in [3.63, 3.8) is 0 Å². The number of rotatable bonds is 5. The molecular weight excluding hydrogens is 208 g/mol. The molecule has 0 saturated carbocycles. The molecule has 2 atom stereocenters. The minimum absolute atomic E-state index is 0.416. The summed E-state index contributed by atoms with van der Waals surface area (Å²) < 4.78 is 9.77. The highest BCUT2D eigenvalue weighted by Gasteiger charge is 2.31. The van der Waals surface area contributed by atoms with Crippen LogP contribution in [-0.2, 0) is 19.1 Å². The van der Waals surface area contributed by atoms with Gasteiger partial charge in [0.15, 0.2) is 0 Å². The molecule has 0 fully saturated rings. The fourth-order valence-electron chi connectivity index (χ4n) is 0.988. The van der Waals surface area contributed by atoms with Crippen molar-refractivity contribution in [2.45, 2.75) is 33.3 Å². The lowest BCUT2D eigenvalue weighted by Gasteiger charge is -2.24. The average molecular weight is 228 g/mol. The number of hydrogen-bond acceptors (Lipinski definition) is 4. The van der Waals surface area contributed by atoms with Crippen molar-refractivity contribution in [2.75, 3.05) is 7.11 Å². The zero-order valence-electron chi connectivity index (χ0n) is 10.6. The quantitative estimate of drug-likeness (QED) is 0.533. The van der Waals surface area contributed by atoms with Gasteiger partial charge in [-0.05, 0) is 19.9 Å². The van der Waals surface area contributed by atoms with E-state index in [-0.39, 0.29) is 0 Å². The van der Waals surface area contributed by atoms with Crippen molar-refractivity contribution in [1.29, 1.82) is 0 Å². The summed E-state index contributed by atoms with van der Waals surface area (Å²) in [5.41, 5.74) is -0.721. The summed E-state index contributed by atoms with van der Waals surface area (Å²) >= 11 is 0. The molecule has 0 N–H and O–H groups in total. The zero-order chi connectivity index (χ0) is 12.9. The fourth-order valence-corrected chi connectivity index (χ4v) is 0.988. The molecule has 0 radical (unpaired) electrons. The number of ether oxygens (including phenoxy) is 2. The topological polar surface area (TPSA) is 52.6 Å². The molecule has 0 aromatic rings. The Morgan fingerprint density at radius 2 is 1.62 bits per heavy atom. The first-order valence-corrected chi connectivity index (χ1v) is 5.19. The molecule has 0 aromatic heterocycles. The molecular formula is C12H20O4. The van der Waals surface area contributed by atoms with E-state index in [4.69, 9.17) is 4.74 Å². The summed E-state index contributed by atoms with van der Waals surface area (Å²) in [6, 6.07) is 0. The van der Waals surface area contributed by atoms with Crippen LogP contribution >= 0.6 is 0 Å². The van der Waals surface area contributed by atoms with E-state index in [9.17, 15) is 9.59 Å². The summed E-state index contributed by atoms with van der Waals surface area (Å²) in [5.74, 6) is -1.89. The fraction of sp³-hybridized carbons (Fsp3) is 0.667. The van der Waals surface area contributed by atoms with Crippen LogP contribution in [0.3, 0.4) is 0 Å². The second kappa shape index (κ2) is 5.68. The van der Waals surface area contributed by atoms with Crippen LogP contribution in [0, 0.1) is 11.8 Å². The van der Waals surface area contributed by atoms with Crippen LogP contribution in [0.15, 0.2) is 12.7 Å². The van der Waals surface area contributed by atoms with Gasteiger partial charge >= 0.3 is 11.9 Å². The molecule has 0 aromatic carbocycles. The molecule has 0 amide bonds. The summed E-state index contributed by atoms with van der Waals surface area (Å²) in [5, 5.41) is 0. The predicted octanol–water partition coefficient (Wildman–Crippen LogP) is 1.94. The lowest BCUT2D eigenvalue weighted by molar-refractivity contribution is -0.164. The second-order valence-corrected chi connectivity index (χ2v) is 4.33. The Labute approximate surface area is 96.6 Å². The first kappa shape index (κ1) is 14.7. The molecule has 0 saturated heterocycles. The Hall–Kier alpha value is -1.32. The summed E-state index contributed by atoms with van der Waals surface area (Å²) in [7, 11) is 1.30. The van der Waals surface area contributed by atoms with Gasteiger partial charge in [0, 0.05) is 0 Å². The molecule has 0 aliphatic rings. The molecule has 2 unspecified atom stereocenters. The average Bonchev–Trinajstić information content (AvgIpc) is 2.25. The van der Waals surface area contributed by atoms with Gasteiger partial charge in [0.05, 0.1) is 18.9 Å². The molecule has 16 heavy (non-hydrogen) atoms. The lowest BCUT2D eigenvalue weighted by atomic mass is 9.96. The maximum Gasteiger partial charge on any atom is 0.310 e. The summed E-state index contributed by atoms with van der Waals surface area (Å²) in [6.07, 6.45) is 1.54. The van der Waals surface area contributed by atoms with Gasteiger partial charge in [-0.2, -0.15) is 0 Å². The number of carbonyl (C=O) groups is 2. The highest BCUT2D eigenvalue weighted by atomic mass is 16.6. The Bertz CT molecular complexity index is 281. The molecule has 0 aliphatic heterocycles. The van der Waals surface area contributed by atoms with E-state index in [0.717, 1.165) is 0 Å². The van der Waals surface area contributed by atoms with Crippen molar-refractivity contribution in [2.24, 2.45) is 11.8 Å². The van der Waals surface area contributed by atoms with E-state index in [1.165, 1.54) is 7.11 Å². The van der Waals surface area contributed by atoms with Crippen LogP contribution in [-0.4, -0.2) is 24.6 Å². The smallest absolute Gasteiger partial charge is 0.310 e. The Balaban J connectivity index is 4.51. The van der Waals surface area contributed by atoms with Crippen LogP contribution < -0.4 is 0 Å². The van der Waals surface area contributed by atoms with E-state index < -0.39 is 29.4 Å². The largest absolute Gasteiger partial charge is 0.469 e. The monoisotopic (exact) mass is 228 g/mol. The van der Waals surface area contributed by atoms with E-state index in [2.05, 4.69) is 11.3 Å². The first-order valence-electron chi connectivity index (χ1n) is 5.19. The third kappa shape index (κ3) is 4.04. The summed E-state index contributed by atoms with van der Waals surface area (Å²) in [4.78, 5) is 22.9. The van der Waals surface area contributed by atoms with Crippen LogP contribution in [0.4, 0.5) is 0 Å². The highest BCUT2D eigenvalue weighted by Crippen LogP contribution is 2.19. The minimum Gasteiger partial charge on any atom is -0.469 e. The van der Waals surface area contributed by atoms with Crippen LogP contribution in [0.25, 0.3) is 0 Å². The van der Waals surface area contributed by atoms with E-state index in [1.54, 1.807) is 33.8 Å². The van der Waals surface area contributed by atoms with E-state index in [0.29, 0.717) is 0 Å². The van der Waals surface area contributed by atoms with E-state index in [1.807, 2.05) is 0 Å². The van der Waals surface area contributed by atoms with Gasteiger partial charge in [-0.1, -0.05) is 20.4 Å². The van der Waals surface area contributed by atoms with Gasteiger partial charge in [0.25, 0.3) is 0 Å². The van der Waals surface area contributed by atoms with Crippen molar-refractivity contribution in [1.82, 2.24) is 0 Å². The number of hydrogen-bond donors (Lipinski definition) is 0. The predicted molar refractivity (Wildman–Crippen MR) is 60.7 cm³/mol. The van der Waals surface area contributed by atoms with Crippen molar-refractivity contribution < 1.29 is 19.1 Å². The Kier molecular flexibility index (Phi) is 5.21. The lowest BCUT2D eigenvalue weighted by Crippen LogP contribution is -2.33. The van der Waals surface area contributed by atoms with Crippen molar-refractivity contribution in [3.8, 4) is 0 Å². The van der Waals surface area contributed by atoms with Gasteiger partial charge in [0.1, 0.15) is 5.60 Å². The third-order valence-electron chi connectivity index (χ3n) is 2.55. The van der Waals surface area contributed by atoms with Crippen molar-refractivity contribution >= 4 is 11.9 Å². The standard InChI is InChI=1S/C12H20O4/c1-7-12(4,5)16-11(14)9(3)8(2)10(13)15-6/h7-9H,1H2,2-6H3. The molecule has 0 aliphatic carbocycles. The van der Waals surface area contributed by atoms with Gasteiger partial charge < -0.3 is 9.47 Å². The molecule has 92 valence electrons. The SMILES string of the molecule is C=CC(C)(C)OC(=O)C(C)C(C)C(=O)OC. The van der Waals surface area contributed by atoms with Crippen LogP contribution in [0.5, 0.6) is 0 Å². The molecule has 0 bridgehead atoms. The minimum atomic E-state index is -0.721. The molecule has 4 heteroatoms. The molecule has 0 spiro atoms. The van der Waals surface area contributed by atoms with Gasteiger partial charge in [0.2, 0.25) is 0 Å². The highest BCUT2D eigenvalue weighted by molar-refractivity contribution is 5.81. The Morgan fingerprint density at radius 3 is 2.00 bits per heavy atom. The first-order chi connectivity index (χ1) is 7.25. The zero-order valence-corrected chi connectivity index (χ0v) is 10.6. The normalized spacial score (nSPS) is 14.8. The van der Waals surface area contributed by atoms with Gasteiger partial charge in [-0.3, -0.25) is 9.59 Å². The number of carbonyl (C=O) groups excluding carboxylic acids is 2. The van der Waals surface area contributed by atoms with Crippen LogP contribution in [0.1, 0.15) is 27.7 Å².